The Morgan fingerprint density at radius 1 is 1.54 bits per heavy atom. The molecule has 3 nitrogen and oxygen atoms in total. The van der Waals surface area contributed by atoms with Gasteiger partial charge in [0.1, 0.15) is 12.4 Å². The summed E-state index contributed by atoms with van der Waals surface area (Å²) in [5.41, 5.74) is 0. The Bertz CT molecular complexity index is 247. The number of aldehydes is 1. The largest absolute Gasteiger partial charge is 0.461 e. The van der Waals surface area contributed by atoms with Crippen molar-refractivity contribution in [2.45, 2.75) is 38.2 Å². The van der Waals surface area contributed by atoms with E-state index in [1.165, 1.54) is 0 Å². The quantitative estimate of drug-likeness (QED) is 0.282. The number of rotatable bonds is 3. The van der Waals surface area contributed by atoms with Gasteiger partial charge in [0.15, 0.2) is 0 Å². The second-order valence-electron chi connectivity index (χ2n) is 2.91. The Morgan fingerprint density at radius 2 is 2.38 bits per heavy atom. The second-order valence-corrected chi connectivity index (χ2v) is 2.91. The standard InChI is InChI=1S/C10H12O3/c11-8-4-2-1-3-5-9-6-7-10(12)13-9/h8-9H,2,4-7H2/t9-/m0/s1. The average Bonchev–Trinajstić information content (AvgIpc) is 2.51. The third-order valence-corrected chi connectivity index (χ3v) is 1.81. The molecule has 0 N–H and O–H groups in total. The summed E-state index contributed by atoms with van der Waals surface area (Å²) >= 11 is 0. The minimum absolute atomic E-state index is 0.0174. The molecule has 0 spiro atoms. The summed E-state index contributed by atoms with van der Waals surface area (Å²) in [6, 6.07) is 0. The lowest BCUT2D eigenvalue weighted by molar-refractivity contribution is -0.141. The molecule has 1 atom stereocenters. The number of ether oxygens (including phenoxy) is 1. The topological polar surface area (TPSA) is 43.4 Å². The van der Waals surface area contributed by atoms with E-state index in [0.29, 0.717) is 25.7 Å². The van der Waals surface area contributed by atoms with Crippen molar-refractivity contribution in [2.24, 2.45) is 0 Å². The van der Waals surface area contributed by atoms with E-state index < -0.39 is 0 Å². The summed E-state index contributed by atoms with van der Waals surface area (Å²) in [5.74, 6) is 5.63. The lowest BCUT2D eigenvalue weighted by Crippen LogP contribution is -2.04. The Labute approximate surface area is 77.5 Å². The van der Waals surface area contributed by atoms with Crippen LogP contribution in [0.25, 0.3) is 0 Å². The van der Waals surface area contributed by atoms with Crippen LogP contribution in [-0.2, 0) is 14.3 Å². The molecule has 13 heavy (non-hydrogen) atoms. The van der Waals surface area contributed by atoms with E-state index in [-0.39, 0.29) is 12.1 Å². The average molecular weight is 180 g/mol. The monoisotopic (exact) mass is 180 g/mol. The number of esters is 1. The van der Waals surface area contributed by atoms with Crippen LogP contribution in [0.4, 0.5) is 0 Å². The van der Waals surface area contributed by atoms with Gasteiger partial charge < -0.3 is 9.53 Å². The molecule has 1 aliphatic rings. The molecule has 1 fully saturated rings. The van der Waals surface area contributed by atoms with E-state index in [2.05, 4.69) is 11.8 Å². The number of unbranched alkanes of at least 4 members (excludes halogenated alkanes) is 1. The van der Waals surface area contributed by atoms with Crippen LogP contribution >= 0.6 is 0 Å². The molecule has 0 bridgehead atoms. The fourth-order valence-corrected chi connectivity index (χ4v) is 1.13. The molecule has 0 aliphatic carbocycles. The summed E-state index contributed by atoms with van der Waals surface area (Å²) in [7, 11) is 0. The van der Waals surface area contributed by atoms with Crippen molar-refractivity contribution >= 4 is 12.3 Å². The molecule has 0 amide bonds. The number of carbonyl (C=O) groups excluding carboxylic acids is 2. The molecule has 0 aromatic carbocycles. The summed E-state index contributed by atoms with van der Waals surface area (Å²) < 4.78 is 4.96. The molecule has 0 radical (unpaired) electrons. The maximum absolute atomic E-state index is 10.7. The SMILES string of the molecule is O=CCCC#CC[C@H]1CCC(=O)O1. The van der Waals surface area contributed by atoms with Gasteiger partial charge in [0.2, 0.25) is 0 Å². The predicted octanol–water partition coefficient (Wildman–Crippen LogP) is 1.06. The highest BCUT2D eigenvalue weighted by Gasteiger charge is 2.21. The van der Waals surface area contributed by atoms with Gasteiger partial charge >= 0.3 is 5.97 Å². The zero-order chi connectivity index (χ0) is 9.52. The molecule has 1 heterocycles. The summed E-state index contributed by atoms with van der Waals surface area (Å²) in [5, 5.41) is 0. The Balaban J connectivity index is 2.13. The first-order chi connectivity index (χ1) is 6.33. The smallest absolute Gasteiger partial charge is 0.306 e. The van der Waals surface area contributed by atoms with E-state index in [0.717, 1.165) is 12.7 Å². The van der Waals surface area contributed by atoms with Crippen molar-refractivity contribution in [1.29, 1.82) is 0 Å². The first kappa shape index (κ1) is 9.79. The molecule has 0 aromatic heterocycles. The van der Waals surface area contributed by atoms with Gasteiger partial charge in [-0.15, -0.1) is 5.92 Å². The van der Waals surface area contributed by atoms with Crippen molar-refractivity contribution in [3.63, 3.8) is 0 Å². The fraction of sp³-hybridized carbons (Fsp3) is 0.600. The van der Waals surface area contributed by atoms with Crippen LogP contribution in [0.3, 0.4) is 0 Å². The molecule has 0 unspecified atom stereocenters. The zero-order valence-electron chi connectivity index (χ0n) is 7.41. The van der Waals surface area contributed by atoms with Gasteiger partial charge in [0.25, 0.3) is 0 Å². The van der Waals surface area contributed by atoms with Crippen LogP contribution in [-0.4, -0.2) is 18.4 Å². The number of carbonyl (C=O) groups is 2. The lowest BCUT2D eigenvalue weighted by atomic mass is 10.2. The third-order valence-electron chi connectivity index (χ3n) is 1.81. The molecular formula is C10H12O3. The van der Waals surface area contributed by atoms with E-state index in [1.54, 1.807) is 0 Å². The summed E-state index contributed by atoms with van der Waals surface area (Å²) in [6.07, 6.45) is 3.81. The predicted molar refractivity (Wildman–Crippen MR) is 46.8 cm³/mol. The van der Waals surface area contributed by atoms with Crippen molar-refractivity contribution in [3.05, 3.63) is 0 Å². The molecule has 1 rings (SSSR count). The summed E-state index contributed by atoms with van der Waals surface area (Å²) in [4.78, 5) is 20.6. The van der Waals surface area contributed by atoms with Crippen LogP contribution in [0.1, 0.15) is 32.1 Å². The van der Waals surface area contributed by atoms with Crippen molar-refractivity contribution in [1.82, 2.24) is 0 Å². The first-order valence-corrected chi connectivity index (χ1v) is 4.42. The number of hydrogen-bond donors (Lipinski definition) is 0. The molecular weight excluding hydrogens is 168 g/mol. The minimum atomic E-state index is -0.125. The minimum Gasteiger partial charge on any atom is -0.461 e. The van der Waals surface area contributed by atoms with Crippen molar-refractivity contribution < 1.29 is 14.3 Å². The van der Waals surface area contributed by atoms with Crippen molar-refractivity contribution in [3.8, 4) is 11.8 Å². The highest BCUT2D eigenvalue weighted by Crippen LogP contribution is 2.15. The van der Waals surface area contributed by atoms with Gasteiger partial charge in [0.05, 0.1) is 0 Å². The Morgan fingerprint density at radius 3 is 3.00 bits per heavy atom. The first-order valence-electron chi connectivity index (χ1n) is 4.42. The van der Waals surface area contributed by atoms with Crippen LogP contribution in [0, 0.1) is 11.8 Å². The van der Waals surface area contributed by atoms with Crippen LogP contribution in [0.5, 0.6) is 0 Å². The fourth-order valence-electron chi connectivity index (χ4n) is 1.13. The van der Waals surface area contributed by atoms with E-state index in [1.807, 2.05) is 0 Å². The Kier molecular flexibility index (Phi) is 4.04. The van der Waals surface area contributed by atoms with Crippen molar-refractivity contribution in [2.75, 3.05) is 0 Å². The lowest BCUT2D eigenvalue weighted by Gasteiger charge is -2.01. The van der Waals surface area contributed by atoms with E-state index in [9.17, 15) is 9.59 Å². The Hall–Kier alpha value is -1.30. The number of hydrogen-bond acceptors (Lipinski definition) is 3. The maximum atomic E-state index is 10.7. The molecule has 1 aliphatic heterocycles. The van der Waals surface area contributed by atoms with Crippen LogP contribution in [0.2, 0.25) is 0 Å². The molecule has 70 valence electrons. The van der Waals surface area contributed by atoms with Gasteiger partial charge in [-0.05, 0) is 6.42 Å². The van der Waals surface area contributed by atoms with Gasteiger partial charge in [-0.25, -0.2) is 0 Å². The van der Waals surface area contributed by atoms with Gasteiger partial charge in [-0.3, -0.25) is 4.79 Å². The molecule has 3 heteroatoms. The van der Waals surface area contributed by atoms with Crippen LogP contribution < -0.4 is 0 Å². The second kappa shape index (κ2) is 5.36. The maximum Gasteiger partial charge on any atom is 0.306 e. The molecule has 0 aromatic rings. The molecule has 1 saturated heterocycles. The molecule has 0 saturated carbocycles. The van der Waals surface area contributed by atoms with Gasteiger partial charge in [-0.1, -0.05) is 5.92 Å². The zero-order valence-corrected chi connectivity index (χ0v) is 7.41. The highest BCUT2D eigenvalue weighted by molar-refractivity contribution is 5.71. The third kappa shape index (κ3) is 3.75. The van der Waals surface area contributed by atoms with E-state index in [4.69, 9.17) is 4.74 Å². The van der Waals surface area contributed by atoms with Crippen LogP contribution in [0.15, 0.2) is 0 Å². The number of cyclic esters (lactones) is 1. The highest BCUT2D eigenvalue weighted by atomic mass is 16.5. The summed E-state index contributed by atoms with van der Waals surface area (Å²) in [6.45, 7) is 0. The van der Waals surface area contributed by atoms with E-state index >= 15 is 0 Å². The van der Waals surface area contributed by atoms with Gasteiger partial charge in [-0.2, -0.15) is 0 Å². The normalized spacial score (nSPS) is 20.3. The van der Waals surface area contributed by atoms with Gasteiger partial charge in [0, 0.05) is 25.7 Å².